The molecule has 0 saturated heterocycles. The van der Waals surface area contributed by atoms with Crippen molar-refractivity contribution in [3.8, 4) is 5.75 Å². The summed E-state index contributed by atoms with van der Waals surface area (Å²) in [4.78, 5) is 22.7. The Balaban J connectivity index is 2.28. The zero-order valence-corrected chi connectivity index (χ0v) is 13.0. The van der Waals surface area contributed by atoms with Crippen molar-refractivity contribution < 1.29 is 23.8 Å². The maximum Gasteiger partial charge on any atom is 0.315 e. The van der Waals surface area contributed by atoms with Crippen LogP contribution in [-0.4, -0.2) is 24.1 Å². The molecule has 1 amide bonds. The topological polar surface area (TPSA) is 88.8 Å². The van der Waals surface area contributed by atoms with E-state index in [1.165, 1.54) is 6.92 Å². The second-order valence-electron chi connectivity index (χ2n) is 5.24. The van der Waals surface area contributed by atoms with E-state index in [4.69, 9.17) is 14.3 Å². The van der Waals surface area contributed by atoms with Gasteiger partial charge in [0.25, 0.3) is 0 Å². The first-order valence-corrected chi connectivity index (χ1v) is 6.95. The van der Waals surface area contributed by atoms with Crippen molar-refractivity contribution in [1.82, 2.24) is 5.32 Å². The molecule has 0 saturated carbocycles. The third-order valence-electron chi connectivity index (χ3n) is 3.70. The molecule has 0 aliphatic carbocycles. The highest BCUT2D eigenvalue weighted by atomic mass is 16.5. The third kappa shape index (κ3) is 2.90. The molecule has 1 aromatic heterocycles. The number of carbonyl (C=O) groups excluding carboxylic acids is 1. The van der Waals surface area contributed by atoms with Crippen LogP contribution in [0.5, 0.6) is 5.75 Å². The minimum Gasteiger partial charge on any atom is -0.497 e. The molecule has 1 aromatic carbocycles. The number of benzene rings is 1. The lowest BCUT2D eigenvalue weighted by atomic mass is 10.1. The number of aliphatic carboxylic acids is 1. The van der Waals surface area contributed by atoms with Gasteiger partial charge in [-0.1, -0.05) is 0 Å². The van der Waals surface area contributed by atoms with Gasteiger partial charge in [0.1, 0.15) is 23.0 Å². The number of amides is 1. The molecule has 6 nitrogen and oxygen atoms in total. The zero-order valence-electron chi connectivity index (χ0n) is 13.0. The van der Waals surface area contributed by atoms with E-state index in [2.05, 4.69) is 5.32 Å². The molecular formula is C16H19NO5. The van der Waals surface area contributed by atoms with Crippen LogP contribution >= 0.6 is 0 Å². The van der Waals surface area contributed by atoms with Gasteiger partial charge in [0.05, 0.1) is 13.2 Å². The Morgan fingerprint density at radius 2 is 2.00 bits per heavy atom. The van der Waals surface area contributed by atoms with Crippen molar-refractivity contribution in [2.75, 3.05) is 7.11 Å². The monoisotopic (exact) mass is 305 g/mol. The van der Waals surface area contributed by atoms with Gasteiger partial charge in [-0.05, 0) is 39.0 Å². The van der Waals surface area contributed by atoms with Crippen LogP contribution in [0.3, 0.4) is 0 Å². The Morgan fingerprint density at radius 3 is 2.59 bits per heavy atom. The Labute approximate surface area is 128 Å². The first-order valence-electron chi connectivity index (χ1n) is 6.95. The molecule has 2 N–H and O–H groups in total. The molecule has 2 atom stereocenters. The zero-order chi connectivity index (χ0) is 16.4. The Bertz CT molecular complexity index is 719. The first-order chi connectivity index (χ1) is 10.3. The number of rotatable bonds is 5. The average molecular weight is 305 g/mol. The molecular weight excluding hydrogens is 286 g/mol. The van der Waals surface area contributed by atoms with Crippen molar-refractivity contribution in [3.05, 3.63) is 29.5 Å². The van der Waals surface area contributed by atoms with Crippen LogP contribution in [0.15, 0.2) is 22.6 Å². The Hall–Kier alpha value is -2.50. The lowest BCUT2D eigenvalue weighted by Gasteiger charge is -2.14. The molecule has 0 spiro atoms. The number of hydrogen-bond donors (Lipinski definition) is 2. The number of furan rings is 1. The Kier molecular flexibility index (Phi) is 4.40. The summed E-state index contributed by atoms with van der Waals surface area (Å²) in [5.74, 6) is -1.48. The van der Waals surface area contributed by atoms with Gasteiger partial charge in [-0.2, -0.15) is 0 Å². The van der Waals surface area contributed by atoms with Crippen LogP contribution in [0.25, 0.3) is 11.0 Å². The highest BCUT2D eigenvalue weighted by molar-refractivity contribution is 5.96. The van der Waals surface area contributed by atoms with Crippen molar-refractivity contribution in [3.63, 3.8) is 0 Å². The van der Waals surface area contributed by atoms with Gasteiger partial charge in [-0.3, -0.25) is 9.59 Å². The second-order valence-corrected chi connectivity index (χ2v) is 5.24. The van der Waals surface area contributed by atoms with Crippen molar-refractivity contribution >= 4 is 22.8 Å². The van der Waals surface area contributed by atoms with Gasteiger partial charge in [-0.25, -0.2) is 0 Å². The lowest BCUT2D eigenvalue weighted by molar-refractivity contribution is -0.146. The average Bonchev–Trinajstić information content (AvgIpc) is 2.82. The van der Waals surface area contributed by atoms with Crippen LogP contribution in [0.2, 0.25) is 0 Å². The summed E-state index contributed by atoms with van der Waals surface area (Å²) in [6, 6.07) is 5.04. The first kappa shape index (κ1) is 15.9. The molecule has 2 rings (SSSR count). The summed E-state index contributed by atoms with van der Waals surface area (Å²) < 4.78 is 11.0. The molecule has 2 aromatic rings. The van der Waals surface area contributed by atoms with Gasteiger partial charge in [0, 0.05) is 10.9 Å². The van der Waals surface area contributed by atoms with E-state index in [0.29, 0.717) is 11.3 Å². The summed E-state index contributed by atoms with van der Waals surface area (Å²) in [6.45, 7) is 5.00. The van der Waals surface area contributed by atoms with Crippen LogP contribution < -0.4 is 10.1 Å². The van der Waals surface area contributed by atoms with Gasteiger partial charge in [0.2, 0.25) is 5.91 Å². The molecule has 2 unspecified atom stereocenters. The standard InChI is InChI=1S/C16H19NO5/c1-8-12-7-11(21-4)5-6-13(12)22-14(8)10(3)17-15(18)9(2)16(19)20/h5-7,9-10H,1-4H3,(H,17,18)(H,19,20). The predicted molar refractivity (Wildman–Crippen MR) is 80.9 cm³/mol. The number of carbonyl (C=O) groups is 2. The van der Waals surface area contributed by atoms with Crippen LogP contribution in [0, 0.1) is 12.8 Å². The summed E-state index contributed by atoms with van der Waals surface area (Å²) >= 11 is 0. The smallest absolute Gasteiger partial charge is 0.315 e. The van der Waals surface area contributed by atoms with Crippen LogP contribution in [0.1, 0.15) is 31.2 Å². The van der Waals surface area contributed by atoms with Gasteiger partial charge < -0.3 is 19.6 Å². The highest BCUT2D eigenvalue weighted by Crippen LogP contribution is 2.31. The normalized spacial score (nSPS) is 13.6. The minimum atomic E-state index is -1.16. The largest absolute Gasteiger partial charge is 0.497 e. The quantitative estimate of drug-likeness (QED) is 0.829. The van der Waals surface area contributed by atoms with E-state index in [9.17, 15) is 9.59 Å². The molecule has 6 heteroatoms. The van der Waals surface area contributed by atoms with E-state index in [1.807, 2.05) is 13.0 Å². The number of hydrogen-bond acceptors (Lipinski definition) is 4. The number of carboxylic acid groups (broad SMARTS) is 1. The SMILES string of the molecule is COc1ccc2oc(C(C)NC(=O)C(C)C(=O)O)c(C)c2c1. The van der Waals surface area contributed by atoms with E-state index < -0.39 is 23.8 Å². The maximum absolute atomic E-state index is 11.8. The number of nitrogens with one attached hydrogen (secondary N) is 1. The molecule has 0 radical (unpaired) electrons. The van der Waals surface area contributed by atoms with Crippen molar-refractivity contribution in [2.24, 2.45) is 5.92 Å². The molecule has 0 fully saturated rings. The van der Waals surface area contributed by atoms with E-state index in [1.54, 1.807) is 26.2 Å². The van der Waals surface area contributed by atoms with Crippen molar-refractivity contribution in [2.45, 2.75) is 26.8 Å². The fraction of sp³-hybridized carbons (Fsp3) is 0.375. The number of fused-ring (bicyclic) bond motifs is 1. The number of aryl methyl sites for hydroxylation is 1. The summed E-state index contributed by atoms with van der Waals surface area (Å²) in [5.41, 5.74) is 1.59. The van der Waals surface area contributed by atoms with Gasteiger partial charge in [-0.15, -0.1) is 0 Å². The van der Waals surface area contributed by atoms with E-state index >= 15 is 0 Å². The lowest BCUT2D eigenvalue weighted by Crippen LogP contribution is -2.35. The summed E-state index contributed by atoms with van der Waals surface area (Å²) in [7, 11) is 1.59. The number of carboxylic acids is 1. The van der Waals surface area contributed by atoms with Crippen LogP contribution in [0.4, 0.5) is 0 Å². The molecule has 22 heavy (non-hydrogen) atoms. The maximum atomic E-state index is 11.8. The molecule has 0 aliphatic heterocycles. The number of ether oxygens (including phenoxy) is 1. The second kappa shape index (κ2) is 6.09. The molecule has 118 valence electrons. The van der Waals surface area contributed by atoms with Gasteiger partial charge in [0.15, 0.2) is 0 Å². The Morgan fingerprint density at radius 1 is 1.32 bits per heavy atom. The van der Waals surface area contributed by atoms with Gasteiger partial charge >= 0.3 is 5.97 Å². The summed E-state index contributed by atoms with van der Waals surface area (Å²) in [5, 5.41) is 12.4. The summed E-state index contributed by atoms with van der Waals surface area (Å²) in [6.07, 6.45) is 0. The minimum absolute atomic E-state index is 0.423. The van der Waals surface area contributed by atoms with Crippen molar-refractivity contribution in [1.29, 1.82) is 0 Å². The predicted octanol–water partition coefficient (Wildman–Crippen LogP) is 2.65. The fourth-order valence-corrected chi connectivity index (χ4v) is 2.28. The fourth-order valence-electron chi connectivity index (χ4n) is 2.28. The van der Waals surface area contributed by atoms with Crippen LogP contribution in [-0.2, 0) is 9.59 Å². The number of methoxy groups -OCH3 is 1. The van der Waals surface area contributed by atoms with E-state index in [0.717, 1.165) is 16.7 Å². The molecule has 0 aliphatic rings. The third-order valence-corrected chi connectivity index (χ3v) is 3.70. The van der Waals surface area contributed by atoms with E-state index in [-0.39, 0.29) is 0 Å². The molecule has 0 bridgehead atoms. The highest BCUT2D eigenvalue weighted by Gasteiger charge is 2.24. The molecule has 1 heterocycles.